The van der Waals surface area contributed by atoms with E-state index in [0.717, 1.165) is 21.7 Å². The normalized spacial score (nSPS) is 10.9. The van der Waals surface area contributed by atoms with Gasteiger partial charge in [-0.15, -0.1) is 11.3 Å². The van der Waals surface area contributed by atoms with Crippen molar-refractivity contribution in [3.8, 4) is 11.1 Å². The fourth-order valence-electron chi connectivity index (χ4n) is 1.88. The average molecular weight is 245 g/mol. The van der Waals surface area contributed by atoms with Crippen LogP contribution in [0.25, 0.3) is 21.2 Å². The first kappa shape index (κ1) is 10.4. The summed E-state index contributed by atoms with van der Waals surface area (Å²) in [5.74, 6) is -1.10. The molecule has 0 nitrogen and oxygen atoms in total. The van der Waals surface area contributed by atoms with E-state index in [4.69, 9.17) is 0 Å². The SMILES string of the molecule is Fc1ccc(-c2cccc3s[c]cc23)c(F)c1. The van der Waals surface area contributed by atoms with E-state index in [0.29, 0.717) is 5.56 Å². The lowest BCUT2D eigenvalue weighted by Gasteiger charge is -2.05. The Morgan fingerprint density at radius 3 is 2.71 bits per heavy atom. The molecule has 1 heterocycles. The molecule has 0 N–H and O–H groups in total. The molecule has 0 aliphatic carbocycles. The minimum Gasteiger partial charge on any atom is -0.207 e. The molecule has 3 aromatic rings. The molecule has 2 aromatic carbocycles. The van der Waals surface area contributed by atoms with Gasteiger partial charge in [-0.25, -0.2) is 8.78 Å². The highest BCUT2D eigenvalue weighted by molar-refractivity contribution is 7.16. The fourth-order valence-corrected chi connectivity index (χ4v) is 2.61. The first-order valence-electron chi connectivity index (χ1n) is 5.10. The fraction of sp³-hybridized carbons (Fsp3) is 0. The van der Waals surface area contributed by atoms with Crippen LogP contribution in [0.1, 0.15) is 0 Å². The smallest absolute Gasteiger partial charge is 0.133 e. The number of hydrogen-bond acceptors (Lipinski definition) is 1. The molecular weight excluding hydrogens is 238 g/mol. The van der Waals surface area contributed by atoms with Gasteiger partial charge in [0.15, 0.2) is 0 Å². The summed E-state index contributed by atoms with van der Waals surface area (Å²) in [6, 6.07) is 11.1. The van der Waals surface area contributed by atoms with Crippen molar-refractivity contribution < 1.29 is 8.78 Å². The molecule has 0 aliphatic rings. The van der Waals surface area contributed by atoms with E-state index < -0.39 is 11.6 Å². The third kappa shape index (κ3) is 1.72. The van der Waals surface area contributed by atoms with Gasteiger partial charge in [0.2, 0.25) is 0 Å². The minimum atomic E-state index is -0.560. The summed E-state index contributed by atoms with van der Waals surface area (Å²) in [4.78, 5) is 0. The molecule has 3 heteroatoms. The molecule has 17 heavy (non-hydrogen) atoms. The van der Waals surface area contributed by atoms with Gasteiger partial charge in [-0.1, -0.05) is 12.1 Å². The van der Waals surface area contributed by atoms with E-state index in [9.17, 15) is 8.78 Å². The van der Waals surface area contributed by atoms with Crippen molar-refractivity contribution in [2.24, 2.45) is 0 Å². The van der Waals surface area contributed by atoms with Crippen molar-refractivity contribution in [1.82, 2.24) is 0 Å². The van der Waals surface area contributed by atoms with E-state index in [1.807, 2.05) is 24.3 Å². The molecule has 83 valence electrons. The third-order valence-corrected chi connectivity index (χ3v) is 3.47. The molecule has 0 spiro atoms. The van der Waals surface area contributed by atoms with Gasteiger partial charge >= 0.3 is 0 Å². The van der Waals surface area contributed by atoms with Crippen LogP contribution in [0.3, 0.4) is 0 Å². The number of thiophene rings is 1. The molecule has 0 unspecified atom stereocenters. The van der Waals surface area contributed by atoms with Crippen LogP contribution in [0.5, 0.6) is 0 Å². The Labute approximate surface area is 101 Å². The molecule has 0 saturated heterocycles. The van der Waals surface area contributed by atoms with Crippen LogP contribution in [-0.2, 0) is 0 Å². The predicted octanol–water partition coefficient (Wildman–Crippen LogP) is 4.65. The van der Waals surface area contributed by atoms with Gasteiger partial charge < -0.3 is 0 Å². The van der Waals surface area contributed by atoms with Crippen LogP contribution >= 0.6 is 11.3 Å². The number of benzene rings is 2. The van der Waals surface area contributed by atoms with Gasteiger partial charge in [0.1, 0.15) is 11.6 Å². The standard InChI is InChI=1S/C14H7F2S/c15-9-4-5-11(13(16)8-9)10-2-1-3-14-12(10)6-7-17-14/h1-6,8H. The average Bonchev–Trinajstić information content (AvgIpc) is 2.77. The maximum absolute atomic E-state index is 13.7. The highest BCUT2D eigenvalue weighted by Gasteiger charge is 2.09. The van der Waals surface area contributed by atoms with Crippen LogP contribution in [0, 0.1) is 17.0 Å². The van der Waals surface area contributed by atoms with E-state index in [1.165, 1.54) is 23.5 Å². The zero-order valence-corrected chi connectivity index (χ0v) is 9.52. The molecule has 1 radical (unpaired) electrons. The molecule has 0 saturated carbocycles. The maximum Gasteiger partial charge on any atom is 0.133 e. The topological polar surface area (TPSA) is 0 Å². The predicted molar refractivity (Wildman–Crippen MR) is 66.0 cm³/mol. The second-order valence-corrected chi connectivity index (χ2v) is 4.59. The van der Waals surface area contributed by atoms with Crippen LogP contribution in [0.4, 0.5) is 8.78 Å². The van der Waals surface area contributed by atoms with Crippen LogP contribution in [0.15, 0.2) is 42.5 Å². The Kier molecular flexibility index (Phi) is 2.41. The lowest BCUT2D eigenvalue weighted by Crippen LogP contribution is -1.86. The number of fused-ring (bicyclic) bond motifs is 1. The maximum atomic E-state index is 13.7. The monoisotopic (exact) mass is 245 g/mol. The molecular formula is C14H7F2S. The summed E-state index contributed by atoms with van der Waals surface area (Å²) < 4.78 is 27.6. The molecule has 1 aromatic heterocycles. The van der Waals surface area contributed by atoms with Crippen LogP contribution in [0.2, 0.25) is 0 Å². The molecule has 0 atom stereocenters. The Balaban J connectivity index is 2.30. The quantitative estimate of drug-likeness (QED) is 0.585. The van der Waals surface area contributed by atoms with Crippen LogP contribution in [-0.4, -0.2) is 0 Å². The van der Waals surface area contributed by atoms with Gasteiger partial charge in [-0.05, 0) is 29.8 Å². The van der Waals surface area contributed by atoms with Crippen molar-refractivity contribution in [1.29, 1.82) is 0 Å². The second kappa shape index (κ2) is 3.93. The summed E-state index contributed by atoms with van der Waals surface area (Å²) >= 11 is 1.48. The largest absolute Gasteiger partial charge is 0.207 e. The van der Waals surface area contributed by atoms with Crippen molar-refractivity contribution in [3.63, 3.8) is 0 Å². The third-order valence-electron chi connectivity index (χ3n) is 2.66. The Morgan fingerprint density at radius 1 is 1.00 bits per heavy atom. The summed E-state index contributed by atoms with van der Waals surface area (Å²) in [6.45, 7) is 0. The summed E-state index contributed by atoms with van der Waals surface area (Å²) in [7, 11) is 0. The van der Waals surface area contributed by atoms with Gasteiger partial charge in [-0.2, -0.15) is 0 Å². The van der Waals surface area contributed by atoms with E-state index in [-0.39, 0.29) is 0 Å². The zero-order valence-electron chi connectivity index (χ0n) is 8.71. The molecule has 0 amide bonds. The highest BCUT2D eigenvalue weighted by Crippen LogP contribution is 2.32. The molecule has 3 rings (SSSR count). The van der Waals surface area contributed by atoms with E-state index >= 15 is 0 Å². The van der Waals surface area contributed by atoms with Crippen molar-refractivity contribution >= 4 is 21.4 Å². The lowest BCUT2D eigenvalue weighted by atomic mass is 10.0. The Bertz CT molecular complexity index is 686. The van der Waals surface area contributed by atoms with Crippen molar-refractivity contribution in [2.45, 2.75) is 0 Å². The number of rotatable bonds is 1. The Hall–Kier alpha value is -1.74. The number of hydrogen-bond donors (Lipinski definition) is 0. The van der Waals surface area contributed by atoms with Gasteiger partial charge in [0.25, 0.3) is 0 Å². The summed E-state index contributed by atoms with van der Waals surface area (Å²) in [5, 5.41) is 3.97. The van der Waals surface area contributed by atoms with Gasteiger partial charge in [-0.3, -0.25) is 0 Å². The second-order valence-electron chi connectivity index (χ2n) is 3.71. The van der Waals surface area contributed by atoms with Gasteiger partial charge in [0.05, 0.1) is 0 Å². The summed E-state index contributed by atoms with van der Waals surface area (Å²) in [6.07, 6.45) is 0. The first-order valence-corrected chi connectivity index (χ1v) is 5.91. The lowest BCUT2D eigenvalue weighted by molar-refractivity contribution is 0.585. The van der Waals surface area contributed by atoms with E-state index in [2.05, 4.69) is 5.38 Å². The first-order chi connectivity index (χ1) is 8.25. The molecule has 0 bridgehead atoms. The van der Waals surface area contributed by atoms with Crippen molar-refractivity contribution in [3.05, 3.63) is 59.5 Å². The van der Waals surface area contributed by atoms with E-state index in [1.54, 1.807) is 0 Å². The molecule has 0 fully saturated rings. The highest BCUT2D eigenvalue weighted by atomic mass is 32.1. The Morgan fingerprint density at radius 2 is 1.88 bits per heavy atom. The van der Waals surface area contributed by atoms with Gasteiger partial charge in [0, 0.05) is 27.1 Å². The minimum absolute atomic E-state index is 0.420. The van der Waals surface area contributed by atoms with Crippen molar-refractivity contribution in [2.75, 3.05) is 0 Å². The summed E-state index contributed by atoms with van der Waals surface area (Å²) in [5.41, 5.74) is 1.20. The number of halogens is 2. The van der Waals surface area contributed by atoms with Crippen LogP contribution < -0.4 is 0 Å². The zero-order chi connectivity index (χ0) is 11.8. The molecule has 0 aliphatic heterocycles.